The largest absolute Gasteiger partial charge is 0.481 e. The normalized spacial score (nSPS) is 38.0. The molecule has 5 rings (SSSR count). The molecule has 0 radical (unpaired) electrons. The topological polar surface area (TPSA) is 63.6 Å². The fourth-order valence-corrected chi connectivity index (χ4v) is 13.5. The SMILES string of the molecule is CCCCCCCCCCCCCCCCC(=O)O[C@H]1CC[C@]2(C)[C@H]3CC=C4[C@@H]5CC(C)(C)CC[C@]5(C(=O)O)CC[C@@]4(C)[C@]3(C)CC[C@H]2C1(C)C. The van der Waals surface area contributed by atoms with Gasteiger partial charge < -0.3 is 9.84 Å². The maximum absolute atomic E-state index is 13.2. The van der Waals surface area contributed by atoms with Gasteiger partial charge in [-0.05, 0) is 110 Å². The molecule has 4 nitrogen and oxygen atoms in total. The van der Waals surface area contributed by atoms with Crippen molar-refractivity contribution in [2.75, 3.05) is 0 Å². The summed E-state index contributed by atoms with van der Waals surface area (Å²) < 4.78 is 6.39. The fraction of sp³-hybridized carbons (Fsp3) is 0.915. The lowest BCUT2D eigenvalue weighted by molar-refractivity contribution is -0.214. The highest BCUT2D eigenvalue weighted by Crippen LogP contribution is 2.75. The second kappa shape index (κ2) is 16.2. The summed E-state index contributed by atoms with van der Waals surface area (Å²) in [6.07, 6.45) is 31.9. The molecule has 5 aliphatic rings. The van der Waals surface area contributed by atoms with Gasteiger partial charge in [0.2, 0.25) is 0 Å². The van der Waals surface area contributed by atoms with Gasteiger partial charge in [-0.15, -0.1) is 0 Å². The first kappa shape index (κ1) is 40.9. The molecule has 5 aliphatic carbocycles. The molecule has 0 amide bonds. The quantitative estimate of drug-likeness (QED) is 0.0928. The molecular formula is C47H80O4. The van der Waals surface area contributed by atoms with Crippen LogP contribution < -0.4 is 0 Å². The van der Waals surface area contributed by atoms with Crippen molar-refractivity contribution in [2.45, 2.75) is 222 Å². The number of fused-ring (bicyclic) bond motifs is 7. The van der Waals surface area contributed by atoms with Crippen molar-refractivity contribution in [3.05, 3.63) is 11.6 Å². The summed E-state index contributed by atoms with van der Waals surface area (Å²) in [4.78, 5) is 26.2. The lowest BCUT2D eigenvalue weighted by atomic mass is 9.33. The molecule has 4 heteroatoms. The number of allylic oxidation sites excluding steroid dienone is 2. The number of carboxylic acid groups (broad SMARTS) is 1. The Balaban J connectivity index is 1.12. The van der Waals surface area contributed by atoms with E-state index in [0.29, 0.717) is 18.3 Å². The molecule has 0 spiro atoms. The lowest BCUT2D eigenvalue weighted by Gasteiger charge is -2.71. The number of ether oxygens (including phenoxy) is 1. The molecule has 0 saturated heterocycles. The predicted octanol–water partition coefficient (Wildman–Crippen LogP) is 13.7. The van der Waals surface area contributed by atoms with Crippen LogP contribution in [0.25, 0.3) is 0 Å². The highest BCUT2D eigenvalue weighted by Gasteiger charge is 2.69. The van der Waals surface area contributed by atoms with Crippen LogP contribution in [0.3, 0.4) is 0 Å². The fourth-order valence-electron chi connectivity index (χ4n) is 13.5. The van der Waals surface area contributed by atoms with Gasteiger partial charge in [0.05, 0.1) is 5.41 Å². The summed E-state index contributed by atoms with van der Waals surface area (Å²) in [6, 6.07) is 0. The second-order valence-electron chi connectivity index (χ2n) is 20.9. The van der Waals surface area contributed by atoms with E-state index in [4.69, 9.17) is 4.74 Å². The van der Waals surface area contributed by atoms with Gasteiger partial charge in [-0.2, -0.15) is 0 Å². The standard InChI is InChI=1S/C47H80O4/c1-9-10-11-12-13-14-15-16-17-18-19-20-21-22-23-40(48)51-39-27-28-44(6)37(43(39,4)5)26-29-46(8)38(44)25-24-35-36-34-42(2,3)30-32-47(36,41(49)50)33-31-45(35,46)7/h24,36-39H,9-23,25-34H2,1-8H3,(H,49,50)/t36-,37-,38+,39-,44-,45+,46+,47-/m0/s1. The molecule has 292 valence electrons. The van der Waals surface area contributed by atoms with E-state index in [9.17, 15) is 14.7 Å². The summed E-state index contributed by atoms with van der Waals surface area (Å²) in [5.74, 6) is 0.718. The molecular weight excluding hydrogens is 629 g/mol. The van der Waals surface area contributed by atoms with Gasteiger partial charge in [-0.1, -0.05) is 151 Å². The Kier molecular flexibility index (Phi) is 13.0. The molecule has 0 aromatic heterocycles. The number of rotatable bonds is 17. The predicted molar refractivity (Wildman–Crippen MR) is 211 cm³/mol. The minimum Gasteiger partial charge on any atom is -0.481 e. The molecule has 0 heterocycles. The second-order valence-corrected chi connectivity index (χ2v) is 20.9. The van der Waals surface area contributed by atoms with E-state index in [0.717, 1.165) is 64.2 Å². The smallest absolute Gasteiger partial charge is 0.310 e. The number of hydrogen-bond donors (Lipinski definition) is 1. The molecule has 0 aromatic carbocycles. The Bertz CT molecular complexity index is 1230. The number of hydrogen-bond acceptors (Lipinski definition) is 3. The number of carbonyl (C=O) groups is 2. The molecule has 0 aliphatic heterocycles. The van der Waals surface area contributed by atoms with E-state index < -0.39 is 11.4 Å². The Morgan fingerprint density at radius 2 is 1.27 bits per heavy atom. The number of carboxylic acids is 1. The van der Waals surface area contributed by atoms with Crippen LogP contribution in [0.4, 0.5) is 0 Å². The number of unbranched alkanes of at least 4 members (excludes halogenated alkanes) is 13. The average molecular weight is 709 g/mol. The van der Waals surface area contributed by atoms with Crippen molar-refractivity contribution in [1.29, 1.82) is 0 Å². The van der Waals surface area contributed by atoms with E-state index in [1.54, 1.807) is 0 Å². The Hall–Kier alpha value is -1.32. The maximum atomic E-state index is 13.2. The van der Waals surface area contributed by atoms with E-state index in [2.05, 4.69) is 61.5 Å². The van der Waals surface area contributed by atoms with Crippen molar-refractivity contribution in [2.24, 2.45) is 50.2 Å². The van der Waals surface area contributed by atoms with Crippen LogP contribution in [0.1, 0.15) is 216 Å². The first-order valence-corrected chi connectivity index (χ1v) is 22.2. The van der Waals surface area contributed by atoms with E-state index in [-0.39, 0.29) is 45.1 Å². The summed E-state index contributed by atoms with van der Waals surface area (Å²) >= 11 is 0. The molecule has 1 N–H and O–H groups in total. The van der Waals surface area contributed by atoms with Crippen LogP contribution in [0, 0.1) is 50.2 Å². The number of carbonyl (C=O) groups excluding carboxylic acids is 1. The van der Waals surface area contributed by atoms with Crippen LogP contribution in [0.2, 0.25) is 0 Å². The van der Waals surface area contributed by atoms with Gasteiger partial charge in [0.25, 0.3) is 0 Å². The first-order chi connectivity index (χ1) is 24.1. The van der Waals surface area contributed by atoms with Gasteiger partial charge in [0.1, 0.15) is 6.10 Å². The van der Waals surface area contributed by atoms with Gasteiger partial charge >= 0.3 is 11.9 Å². The zero-order valence-corrected chi connectivity index (χ0v) is 34.7. The summed E-state index contributed by atoms with van der Waals surface area (Å²) in [5.41, 5.74) is 1.45. The van der Waals surface area contributed by atoms with E-state index in [1.807, 2.05) is 0 Å². The monoisotopic (exact) mass is 709 g/mol. The third-order valence-corrected chi connectivity index (χ3v) is 17.0. The minimum atomic E-state index is -0.582. The van der Waals surface area contributed by atoms with Crippen molar-refractivity contribution in [1.82, 2.24) is 0 Å². The maximum Gasteiger partial charge on any atom is 0.310 e. The van der Waals surface area contributed by atoms with Crippen LogP contribution in [-0.2, 0) is 14.3 Å². The van der Waals surface area contributed by atoms with Gasteiger partial charge in [0, 0.05) is 11.8 Å². The highest BCUT2D eigenvalue weighted by molar-refractivity contribution is 5.76. The van der Waals surface area contributed by atoms with E-state index in [1.165, 1.54) is 95.5 Å². The summed E-state index contributed by atoms with van der Waals surface area (Å²) in [7, 11) is 0. The Morgan fingerprint density at radius 3 is 1.86 bits per heavy atom. The van der Waals surface area contributed by atoms with Crippen LogP contribution in [0.15, 0.2) is 11.6 Å². The highest BCUT2D eigenvalue weighted by atomic mass is 16.5. The minimum absolute atomic E-state index is 0.000287. The van der Waals surface area contributed by atoms with Crippen molar-refractivity contribution in [3.63, 3.8) is 0 Å². The van der Waals surface area contributed by atoms with Crippen molar-refractivity contribution >= 4 is 11.9 Å². The van der Waals surface area contributed by atoms with E-state index >= 15 is 0 Å². The number of aliphatic carboxylic acids is 1. The molecule has 4 saturated carbocycles. The number of esters is 1. The Morgan fingerprint density at radius 1 is 0.706 bits per heavy atom. The molecule has 0 aromatic rings. The summed E-state index contributed by atoms with van der Waals surface area (Å²) in [5, 5.41) is 10.7. The first-order valence-electron chi connectivity index (χ1n) is 22.2. The van der Waals surface area contributed by atoms with Gasteiger partial charge in [-0.3, -0.25) is 9.59 Å². The molecule has 8 atom stereocenters. The molecule has 51 heavy (non-hydrogen) atoms. The van der Waals surface area contributed by atoms with Crippen LogP contribution in [-0.4, -0.2) is 23.1 Å². The third-order valence-electron chi connectivity index (χ3n) is 17.0. The van der Waals surface area contributed by atoms with Gasteiger partial charge in [-0.25, -0.2) is 0 Å². The van der Waals surface area contributed by atoms with Crippen molar-refractivity contribution in [3.8, 4) is 0 Å². The van der Waals surface area contributed by atoms with Crippen LogP contribution >= 0.6 is 0 Å². The zero-order chi connectivity index (χ0) is 37.1. The van der Waals surface area contributed by atoms with Crippen LogP contribution in [0.5, 0.6) is 0 Å². The summed E-state index contributed by atoms with van der Waals surface area (Å²) in [6.45, 7) is 19.5. The molecule has 0 bridgehead atoms. The molecule has 0 unspecified atom stereocenters. The zero-order valence-electron chi connectivity index (χ0n) is 34.7. The lowest BCUT2D eigenvalue weighted by Crippen LogP contribution is -2.65. The molecule has 4 fully saturated rings. The van der Waals surface area contributed by atoms with Crippen molar-refractivity contribution < 1.29 is 19.4 Å². The Labute approximate surface area is 314 Å². The average Bonchev–Trinajstić information content (AvgIpc) is 3.06. The third kappa shape index (κ3) is 7.93. The van der Waals surface area contributed by atoms with Gasteiger partial charge in [0.15, 0.2) is 0 Å².